The monoisotopic (exact) mass is 456 g/mol. The molecule has 0 spiro atoms. The normalized spacial score (nSPS) is 24.8. The van der Waals surface area contributed by atoms with Crippen molar-refractivity contribution in [3.05, 3.63) is 29.3 Å². The third-order valence-electron chi connectivity index (χ3n) is 6.47. The van der Waals surface area contributed by atoms with E-state index in [1.807, 2.05) is 13.8 Å². The van der Waals surface area contributed by atoms with Crippen LogP contribution in [0.2, 0.25) is 5.02 Å². The fraction of sp³-hybridized carbons (Fsp3) is 0.708. The molecule has 0 heterocycles. The van der Waals surface area contributed by atoms with Gasteiger partial charge in [0.2, 0.25) is 0 Å². The van der Waals surface area contributed by atoms with Gasteiger partial charge in [0, 0.05) is 11.4 Å². The summed E-state index contributed by atoms with van der Waals surface area (Å²) in [5.74, 6) is -0.196. The molecule has 1 aliphatic carbocycles. The zero-order valence-corrected chi connectivity index (χ0v) is 19.3. The Labute approximate surface area is 190 Å². The van der Waals surface area contributed by atoms with Gasteiger partial charge in [-0.1, -0.05) is 30.9 Å². The molecule has 0 radical (unpaired) electrons. The van der Waals surface area contributed by atoms with E-state index in [9.17, 15) is 20.1 Å². The van der Waals surface area contributed by atoms with Crippen LogP contribution in [0.5, 0.6) is 5.75 Å². The summed E-state index contributed by atoms with van der Waals surface area (Å²) in [7, 11) is 0. The van der Waals surface area contributed by atoms with Crippen molar-refractivity contribution in [3.8, 4) is 5.75 Å². The SMILES string of the molecule is CC(C)(Oc1ccc(Cl)cc1)[C@H](O)CC[C@@H]1[C@@H](CCCCCCC(=O)O)[C@@H](O)C[C@H]1O. The van der Waals surface area contributed by atoms with Crippen molar-refractivity contribution in [1.82, 2.24) is 0 Å². The van der Waals surface area contributed by atoms with Crippen LogP contribution in [0.15, 0.2) is 24.3 Å². The number of carboxylic acids is 1. The number of hydrogen-bond acceptors (Lipinski definition) is 5. The molecule has 1 aliphatic rings. The highest BCUT2D eigenvalue weighted by Gasteiger charge is 2.42. The molecule has 0 unspecified atom stereocenters. The molecule has 0 aromatic heterocycles. The third kappa shape index (κ3) is 8.26. The van der Waals surface area contributed by atoms with Gasteiger partial charge in [-0.2, -0.15) is 0 Å². The van der Waals surface area contributed by atoms with E-state index in [1.54, 1.807) is 24.3 Å². The van der Waals surface area contributed by atoms with Gasteiger partial charge in [0.1, 0.15) is 11.4 Å². The number of ether oxygens (including phenoxy) is 1. The number of hydrogen-bond donors (Lipinski definition) is 4. The van der Waals surface area contributed by atoms with Gasteiger partial charge in [-0.15, -0.1) is 0 Å². The van der Waals surface area contributed by atoms with Crippen LogP contribution in [0.4, 0.5) is 0 Å². The second-order valence-electron chi connectivity index (χ2n) is 9.30. The summed E-state index contributed by atoms with van der Waals surface area (Å²) in [5.41, 5.74) is -0.810. The molecule has 7 heteroatoms. The van der Waals surface area contributed by atoms with Gasteiger partial charge in [0.25, 0.3) is 0 Å². The van der Waals surface area contributed by atoms with Crippen molar-refractivity contribution in [1.29, 1.82) is 0 Å². The molecular weight excluding hydrogens is 420 g/mol. The molecule has 0 bridgehead atoms. The van der Waals surface area contributed by atoms with Gasteiger partial charge >= 0.3 is 5.97 Å². The van der Waals surface area contributed by atoms with Crippen LogP contribution in [0.25, 0.3) is 0 Å². The largest absolute Gasteiger partial charge is 0.485 e. The minimum absolute atomic E-state index is 0.00182. The second-order valence-corrected chi connectivity index (χ2v) is 9.73. The van der Waals surface area contributed by atoms with Gasteiger partial charge in [0.15, 0.2) is 0 Å². The van der Waals surface area contributed by atoms with Crippen LogP contribution in [0.1, 0.15) is 71.6 Å². The lowest BCUT2D eigenvalue weighted by molar-refractivity contribution is -0.137. The van der Waals surface area contributed by atoms with E-state index in [0.29, 0.717) is 36.5 Å². The zero-order chi connectivity index (χ0) is 23.0. The first kappa shape index (κ1) is 25.9. The molecule has 5 atom stereocenters. The molecule has 0 aliphatic heterocycles. The first-order valence-corrected chi connectivity index (χ1v) is 11.7. The average molecular weight is 457 g/mol. The molecule has 1 aromatic rings. The number of halogens is 1. The van der Waals surface area contributed by atoms with Crippen LogP contribution < -0.4 is 4.74 Å². The molecule has 31 heavy (non-hydrogen) atoms. The lowest BCUT2D eigenvalue weighted by Crippen LogP contribution is -2.42. The second kappa shape index (κ2) is 12.0. The maximum Gasteiger partial charge on any atom is 0.303 e. The van der Waals surface area contributed by atoms with E-state index in [2.05, 4.69) is 0 Å². The summed E-state index contributed by atoms with van der Waals surface area (Å²) < 4.78 is 5.97. The summed E-state index contributed by atoms with van der Waals surface area (Å²) in [5, 5.41) is 41.0. The molecule has 1 fully saturated rings. The van der Waals surface area contributed by atoms with E-state index >= 15 is 0 Å². The summed E-state index contributed by atoms with van der Waals surface area (Å²) in [4.78, 5) is 10.6. The molecular formula is C24H37ClO6. The fourth-order valence-electron chi connectivity index (χ4n) is 4.56. The van der Waals surface area contributed by atoms with Gasteiger partial charge in [-0.05, 0) is 82.1 Å². The van der Waals surface area contributed by atoms with Gasteiger partial charge < -0.3 is 25.2 Å². The van der Waals surface area contributed by atoms with Crippen LogP contribution in [-0.2, 0) is 4.79 Å². The van der Waals surface area contributed by atoms with Crippen molar-refractivity contribution >= 4 is 17.6 Å². The lowest BCUT2D eigenvalue weighted by Gasteiger charge is -2.33. The summed E-state index contributed by atoms with van der Waals surface area (Å²) in [6, 6.07) is 7.00. The number of unbranched alkanes of at least 4 members (excludes halogenated alkanes) is 3. The Bertz CT molecular complexity index is 677. The Balaban J connectivity index is 1.82. The van der Waals surface area contributed by atoms with Crippen LogP contribution >= 0.6 is 11.6 Å². The standard InChI is InChI=1S/C24H37ClO6/c1-24(2,31-17-11-9-16(25)10-12-17)22(28)14-13-19-18(20(26)15-21(19)27)7-5-3-4-6-8-23(29)30/h9-12,18-22,26-28H,3-8,13-15H2,1-2H3,(H,29,30)/t18-,19-,20+,21-,22-/m1/s1. The van der Waals surface area contributed by atoms with Crippen molar-refractivity contribution in [3.63, 3.8) is 0 Å². The number of carbonyl (C=O) groups is 1. The van der Waals surface area contributed by atoms with Crippen LogP contribution in [-0.4, -0.2) is 50.3 Å². The van der Waals surface area contributed by atoms with E-state index < -0.39 is 29.9 Å². The number of aliphatic hydroxyl groups is 3. The number of carboxylic acid groups (broad SMARTS) is 1. The first-order valence-electron chi connectivity index (χ1n) is 11.3. The van der Waals surface area contributed by atoms with Gasteiger partial charge in [-0.25, -0.2) is 0 Å². The van der Waals surface area contributed by atoms with Crippen molar-refractivity contribution in [2.24, 2.45) is 11.8 Å². The van der Waals surface area contributed by atoms with E-state index in [-0.39, 0.29) is 18.3 Å². The highest BCUT2D eigenvalue weighted by molar-refractivity contribution is 6.30. The molecule has 176 valence electrons. The zero-order valence-electron chi connectivity index (χ0n) is 18.5. The van der Waals surface area contributed by atoms with Crippen molar-refractivity contribution in [2.45, 2.75) is 95.5 Å². The molecule has 0 saturated heterocycles. The third-order valence-corrected chi connectivity index (χ3v) is 6.72. The lowest BCUT2D eigenvalue weighted by atomic mass is 9.83. The summed E-state index contributed by atoms with van der Waals surface area (Å²) in [6.45, 7) is 3.67. The predicted octanol–water partition coefficient (Wildman–Crippen LogP) is 4.42. The Morgan fingerprint density at radius 3 is 2.26 bits per heavy atom. The average Bonchev–Trinajstić information content (AvgIpc) is 2.96. The Morgan fingerprint density at radius 2 is 1.65 bits per heavy atom. The maximum atomic E-state index is 10.8. The van der Waals surface area contributed by atoms with Gasteiger partial charge in [-0.3, -0.25) is 4.79 Å². The Kier molecular flexibility index (Phi) is 10.1. The van der Waals surface area contributed by atoms with Crippen molar-refractivity contribution in [2.75, 3.05) is 0 Å². The van der Waals surface area contributed by atoms with E-state index in [4.69, 9.17) is 21.4 Å². The molecule has 0 amide bonds. The minimum atomic E-state index is -0.810. The Morgan fingerprint density at radius 1 is 1.06 bits per heavy atom. The smallest absolute Gasteiger partial charge is 0.303 e. The van der Waals surface area contributed by atoms with Gasteiger partial charge in [0.05, 0.1) is 18.3 Å². The van der Waals surface area contributed by atoms with Crippen LogP contribution in [0, 0.1) is 11.8 Å². The van der Waals surface area contributed by atoms with Crippen LogP contribution in [0.3, 0.4) is 0 Å². The predicted molar refractivity (Wildman–Crippen MR) is 120 cm³/mol. The highest BCUT2D eigenvalue weighted by atomic mass is 35.5. The molecule has 1 saturated carbocycles. The molecule has 6 nitrogen and oxygen atoms in total. The van der Waals surface area contributed by atoms with E-state index in [0.717, 1.165) is 25.7 Å². The number of aliphatic hydroxyl groups excluding tert-OH is 3. The number of benzene rings is 1. The molecule has 4 N–H and O–H groups in total. The van der Waals surface area contributed by atoms with Crippen molar-refractivity contribution < 1.29 is 30.0 Å². The summed E-state index contributed by atoms with van der Waals surface area (Å²) >= 11 is 5.91. The highest BCUT2D eigenvalue weighted by Crippen LogP contribution is 2.40. The number of rotatable bonds is 13. The molecule has 1 aromatic carbocycles. The Hall–Kier alpha value is -1.34. The topological polar surface area (TPSA) is 107 Å². The number of aliphatic carboxylic acids is 1. The minimum Gasteiger partial charge on any atom is -0.485 e. The quantitative estimate of drug-likeness (QED) is 0.327. The first-order chi connectivity index (χ1) is 14.6. The fourth-order valence-corrected chi connectivity index (χ4v) is 4.69. The van der Waals surface area contributed by atoms with E-state index in [1.165, 1.54) is 0 Å². The molecule has 2 rings (SSSR count). The maximum absolute atomic E-state index is 10.8. The summed E-state index contributed by atoms with van der Waals surface area (Å²) in [6.07, 6.45) is 3.95.